The maximum absolute atomic E-state index is 12.3. The molecule has 0 amide bonds. The average Bonchev–Trinajstić information content (AvgIpc) is 2.52. The van der Waals surface area contributed by atoms with E-state index in [1.807, 2.05) is 30.3 Å². The van der Waals surface area contributed by atoms with E-state index in [1.54, 1.807) is 18.2 Å². The summed E-state index contributed by atoms with van der Waals surface area (Å²) in [4.78, 5) is 23.6. The van der Waals surface area contributed by atoms with Crippen molar-refractivity contribution in [2.24, 2.45) is 0 Å². The molecular weight excluding hydrogens is 302 g/mol. The third kappa shape index (κ3) is 3.96. The van der Waals surface area contributed by atoms with Gasteiger partial charge in [-0.15, -0.1) is 0 Å². The predicted molar refractivity (Wildman–Crippen MR) is 84.8 cm³/mol. The monoisotopic (exact) mass is 315 g/mol. The van der Waals surface area contributed by atoms with Crippen LogP contribution in [0.1, 0.15) is 15.9 Å². The van der Waals surface area contributed by atoms with Crippen LogP contribution in [0.25, 0.3) is 0 Å². The second-order valence-electron chi connectivity index (χ2n) is 4.54. The van der Waals surface area contributed by atoms with Gasteiger partial charge in [0, 0.05) is 18.3 Å². The smallest absolute Gasteiger partial charge is 0.341 e. The van der Waals surface area contributed by atoms with Gasteiger partial charge in [0.15, 0.2) is 0 Å². The number of carboxylic acids is 1. The van der Waals surface area contributed by atoms with Crippen LogP contribution in [0, 0.1) is 0 Å². The zero-order valence-corrected chi connectivity index (χ0v) is 12.4. The first-order valence-corrected chi connectivity index (χ1v) is 6.97. The zero-order valence-electron chi connectivity index (χ0n) is 11.6. The highest BCUT2D eigenvalue weighted by Gasteiger charge is 2.20. The van der Waals surface area contributed by atoms with E-state index in [1.165, 1.54) is 12.3 Å². The van der Waals surface area contributed by atoms with Gasteiger partial charge in [0.25, 0.3) is 0 Å². The minimum Gasteiger partial charge on any atom is -0.477 e. The summed E-state index contributed by atoms with van der Waals surface area (Å²) in [5.41, 5.74) is 0.789. The number of hydrogen-bond donors (Lipinski definition) is 2. The van der Waals surface area contributed by atoms with Gasteiger partial charge in [0.05, 0.1) is 5.02 Å². The molecule has 0 aliphatic rings. The molecule has 5 heteroatoms. The Morgan fingerprint density at radius 2 is 1.68 bits per heavy atom. The Hall–Kier alpha value is -2.59. The Morgan fingerprint density at radius 1 is 1.05 bits per heavy atom. The number of carboxylic acid groups (broad SMARTS) is 1. The third-order valence-corrected chi connectivity index (χ3v) is 3.32. The molecule has 0 fully saturated rings. The van der Waals surface area contributed by atoms with Gasteiger partial charge in [0.1, 0.15) is 5.57 Å². The SMILES string of the molecule is O=C(O)/C(=C\NCc1ccccc1)C(=O)c1ccccc1Cl. The number of carbonyl (C=O) groups is 2. The lowest BCUT2D eigenvalue weighted by molar-refractivity contribution is -0.132. The molecule has 22 heavy (non-hydrogen) atoms. The van der Waals surface area contributed by atoms with Crippen LogP contribution in [0.4, 0.5) is 0 Å². The molecule has 2 N–H and O–H groups in total. The van der Waals surface area contributed by atoms with E-state index in [4.69, 9.17) is 11.6 Å². The predicted octanol–water partition coefficient (Wildman–Crippen LogP) is 3.28. The summed E-state index contributed by atoms with van der Waals surface area (Å²) in [7, 11) is 0. The maximum Gasteiger partial charge on any atom is 0.341 e. The van der Waals surface area contributed by atoms with E-state index in [2.05, 4.69) is 5.32 Å². The molecule has 2 aromatic rings. The second kappa shape index (κ2) is 7.43. The molecule has 0 aliphatic carbocycles. The number of aliphatic carboxylic acids is 1. The maximum atomic E-state index is 12.3. The van der Waals surface area contributed by atoms with Gasteiger partial charge in [-0.1, -0.05) is 54.1 Å². The normalized spacial score (nSPS) is 11.0. The summed E-state index contributed by atoms with van der Waals surface area (Å²) in [6, 6.07) is 15.8. The molecule has 0 atom stereocenters. The summed E-state index contributed by atoms with van der Waals surface area (Å²) >= 11 is 5.94. The largest absolute Gasteiger partial charge is 0.477 e. The highest BCUT2D eigenvalue weighted by Crippen LogP contribution is 2.18. The zero-order chi connectivity index (χ0) is 15.9. The highest BCUT2D eigenvalue weighted by atomic mass is 35.5. The molecule has 2 rings (SSSR count). The van der Waals surface area contributed by atoms with Crippen molar-refractivity contribution in [2.45, 2.75) is 6.54 Å². The van der Waals surface area contributed by atoms with Gasteiger partial charge < -0.3 is 10.4 Å². The van der Waals surface area contributed by atoms with E-state index in [0.717, 1.165) is 5.56 Å². The fourth-order valence-electron chi connectivity index (χ4n) is 1.88. The van der Waals surface area contributed by atoms with Crippen LogP contribution < -0.4 is 5.32 Å². The fourth-order valence-corrected chi connectivity index (χ4v) is 2.10. The number of ketones is 1. The van der Waals surface area contributed by atoms with Crippen molar-refractivity contribution in [2.75, 3.05) is 0 Å². The minimum atomic E-state index is -1.30. The minimum absolute atomic E-state index is 0.166. The molecule has 0 aliphatic heterocycles. The first kappa shape index (κ1) is 15.8. The Kier molecular flexibility index (Phi) is 5.33. The van der Waals surface area contributed by atoms with E-state index in [9.17, 15) is 14.7 Å². The molecule has 0 heterocycles. The number of rotatable bonds is 6. The lowest BCUT2D eigenvalue weighted by atomic mass is 10.0. The van der Waals surface area contributed by atoms with E-state index in [-0.39, 0.29) is 16.2 Å². The number of hydrogen-bond acceptors (Lipinski definition) is 3. The van der Waals surface area contributed by atoms with Gasteiger partial charge in [0.2, 0.25) is 5.78 Å². The van der Waals surface area contributed by atoms with Gasteiger partial charge >= 0.3 is 5.97 Å². The molecular formula is C17H14ClNO3. The standard InChI is InChI=1S/C17H14ClNO3/c18-15-9-5-4-8-13(15)16(20)14(17(21)22)11-19-10-12-6-2-1-3-7-12/h1-9,11,19H,10H2,(H,21,22)/b14-11-. The van der Waals surface area contributed by atoms with Crippen LogP contribution in [-0.2, 0) is 11.3 Å². The first-order chi connectivity index (χ1) is 10.6. The topological polar surface area (TPSA) is 66.4 Å². The van der Waals surface area contributed by atoms with Crippen LogP contribution in [0.15, 0.2) is 66.4 Å². The van der Waals surface area contributed by atoms with Crippen LogP contribution >= 0.6 is 11.6 Å². The summed E-state index contributed by atoms with van der Waals surface area (Å²) in [6.07, 6.45) is 1.21. The molecule has 112 valence electrons. The number of halogens is 1. The van der Waals surface area contributed by atoms with Crippen molar-refractivity contribution in [3.8, 4) is 0 Å². The number of nitrogens with one attached hydrogen (secondary N) is 1. The van der Waals surface area contributed by atoms with Crippen LogP contribution in [0.3, 0.4) is 0 Å². The second-order valence-corrected chi connectivity index (χ2v) is 4.95. The van der Waals surface area contributed by atoms with Crippen molar-refractivity contribution in [1.29, 1.82) is 0 Å². The van der Waals surface area contributed by atoms with Gasteiger partial charge in [-0.2, -0.15) is 0 Å². The van der Waals surface area contributed by atoms with E-state index in [0.29, 0.717) is 6.54 Å². The lowest BCUT2D eigenvalue weighted by Crippen LogP contribution is -2.17. The number of Topliss-reactive ketones (excluding diaryl/α,β-unsaturated/α-hetero) is 1. The van der Waals surface area contributed by atoms with Crippen molar-refractivity contribution in [1.82, 2.24) is 5.32 Å². The fraction of sp³-hybridized carbons (Fsp3) is 0.0588. The summed E-state index contributed by atoms with van der Waals surface area (Å²) < 4.78 is 0. The van der Waals surface area contributed by atoms with Crippen LogP contribution in [-0.4, -0.2) is 16.9 Å². The molecule has 0 saturated carbocycles. The molecule has 4 nitrogen and oxygen atoms in total. The lowest BCUT2D eigenvalue weighted by Gasteiger charge is -2.06. The molecule has 0 spiro atoms. The molecule has 0 unspecified atom stereocenters. The Morgan fingerprint density at radius 3 is 2.32 bits per heavy atom. The molecule has 0 radical (unpaired) electrons. The first-order valence-electron chi connectivity index (χ1n) is 6.59. The van der Waals surface area contributed by atoms with Gasteiger partial charge in [-0.25, -0.2) is 4.79 Å². The number of carbonyl (C=O) groups excluding carboxylic acids is 1. The molecule has 0 aromatic heterocycles. The molecule has 0 saturated heterocycles. The van der Waals surface area contributed by atoms with Gasteiger partial charge in [-0.05, 0) is 17.7 Å². The molecule has 0 bridgehead atoms. The van der Waals surface area contributed by atoms with Crippen molar-refractivity contribution >= 4 is 23.4 Å². The summed E-state index contributed by atoms with van der Waals surface area (Å²) in [6.45, 7) is 0.424. The van der Waals surface area contributed by atoms with Crippen molar-refractivity contribution < 1.29 is 14.7 Å². The Bertz CT molecular complexity index is 711. The van der Waals surface area contributed by atoms with Crippen LogP contribution in [0.2, 0.25) is 5.02 Å². The van der Waals surface area contributed by atoms with E-state index < -0.39 is 11.8 Å². The average molecular weight is 316 g/mol. The summed E-state index contributed by atoms with van der Waals surface area (Å²) in [5, 5.41) is 12.3. The Balaban J connectivity index is 2.16. The van der Waals surface area contributed by atoms with E-state index >= 15 is 0 Å². The number of benzene rings is 2. The summed E-state index contributed by atoms with van der Waals surface area (Å²) in [5.74, 6) is -1.93. The highest BCUT2D eigenvalue weighted by molar-refractivity contribution is 6.36. The van der Waals surface area contributed by atoms with Crippen molar-refractivity contribution in [3.63, 3.8) is 0 Å². The Labute approximate surface area is 133 Å². The third-order valence-electron chi connectivity index (χ3n) is 2.99. The quantitative estimate of drug-likeness (QED) is 0.371. The van der Waals surface area contributed by atoms with Gasteiger partial charge in [-0.3, -0.25) is 4.79 Å². The molecule has 2 aromatic carbocycles. The van der Waals surface area contributed by atoms with Crippen LogP contribution in [0.5, 0.6) is 0 Å². The van der Waals surface area contributed by atoms with Crippen molar-refractivity contribution in [3.05, 3.63) is 82.5 Å².